The van der Waals surface area contributed by atoms with Crippen molar-refractivity contribution in [2.75, 3.05) is 40.4 Å². The van der Waals surface area contributed by atoms with Crippen molar-refractivity contribution >= 4 is 5.91 Å². The minimum absolute atomic E-state index is 0.0416. The number of amides is 1. The molecule has 0 aliphatic carbocycles. The molecule has 0 heterocycles. The quantitative estimate of drug-likeness (QED) is 0.480. The second-order valence-electron chi connectivity index (χ2n) is 6.88. The van der Waals surface area contributed by atoms with Crippen LogP contribution in [0.1, 0.15) is 51.9 Å². The van der Waals surface area contributed by atoms with Crippen molar-refractivity contribution in [1.82, 2.24) is 10.2 Å². The fourth-order valence-corrected chi connectivity index (χ4v) is 2.53. The van der Waals surface area contributed by atoms with Crippen LogP contribution in [0.2, 0.25) is 0 Å². The first kappa shape index (κ1) is 22.3. The number of benzene rings is 1. The van der Waals surface area contributed by atoms with Crippen LogP contribution in [0.4, 0.5) is 0 Å². The van der Waals surface area contributed by atoms with E-state index in [-0.39, 0.29) is 12.5 Å². The van der Waals surface area contributed by atoms with Crippen LogP contribution in [0, 0.1) is 0 Å². The van der Waals surface area contributed by atoms with Gasteiger partial charge in [-0.25, -0.2) is 0 Å². The van der Waals surface area contributed by atoms with Crippen LogP contribution in [0.25, 0.3) is 0 Å². The van der Waals surface area contributed by atoms with Gasteiger partial charge in [0.1, 0.15) is 11.5 Å². The number of unbranched alkanes of at least 4 members (excludes halogenated alkanes) is 5. The third-order valence-electron chi connectivity index (χ3n) is 4.06. The van der Waals surface area contributed by atoms with E-state index in [0.29, 0.717) is 12.3 Å². The molecule has 5 heteroatoms. The summed E-state index contributed by atoms with van der Waals surface area (Å²) in [5.41, 5.74) is 0. The van der Waals surface area contributed by atoms with Crippen molar-refractivity contribution in [2.24, 2.45) is 0 Å². The molecular weight excluding hydrogens is 328 g/mol. The van der Waals surface area contributed by atoms with Gasteiger partial charge in [-0.2, -0.15) is 0 Å². The molecule has 0 aromatic heterocycles. The second kappa shape index (κ2) is 14.4. The predicted molar refractivity (Wildman–Crippen MR) is 107 cm³/mol. The first-order valence-electron chi connectivity index (χ1n) is 9.89. The number of hydrogen-bond acceptors (Lipinski definition) is 4. The summed E-state index contributed by atoms with van der Waals surface area (Å²) in [6.45, 7) is 4.66. The lowest BCUT2D eigenvalue weighted by Crippen LogP contribution is -2.31. The maximum Gasteiger partial charge on any atom is 0.257 e. The molecule has 0 aliphatic heterocycles. The van der Waals surface area contributed by atoms with E-state index < -0.39 is 0 Å². The minimum Gasteiger partial charge on any atom is -0.494 e. The van der Waals surface area contributed by atoms with Crippen molar-refractivity contribution < 1.29 is 14.3 Å². The van der Waals surface area contributed by atoms with Gasteiger partial charge in [-0.1, -0.05) is 39.0 Å². The molecule has 5 nitrogen and oxygen atoms in total. The smallest absolute Gasteiger partial charge is 0.257 e. The first-order valence-corrected chi connectivity index (χ1v) is 9.89. The van der Waals surface area contributed by atoms with Gasteiger partial charge in [-0.05, 0) is 57.7 Å². The second-order valence-corrected chi connectivity index (χ2v) is 6.88. The monoisotopic (exact) mass is 364 g/mol. The van der Waals surface area contributed by atoms with Gasteiger partial charge >= 0.3 is 0 Å². The Hall–Kier alpha value is -1.75. The summed E-state index contributed by atoms with van der Waals surface area (Å²) in [5.74, 6) is 1.44. The molecule has 0 saturated carbocycles. The SMILES string of the molecule is CCCCCCCCOc1ccc(OCC(=O)NCCCN(C)C)cc1. The average molecular weight is 365 g/mol. The standard InChI is InChI=1S/C21H36N2O3/c1-4-5-6-7-8-9-17-25-19-11-13-20(14-12-19)26-18-21(24)22-15-10-16-23(2)3/h11-14H,4-10,15-18H2,1-3H3,(H,22,24). The number of nitrogens with one attached hydrogen (secondary N) is 1. The van der Waals surface area contributed by atoms with Gasteiger partial charge in [-0.3, -0.25) is 4.79 Å². The third-order valence-corrected chi connectivity index (χ3v) is 4.06. The average Bonchev–Trinajstić information content (AvgIpc) is 2.63. The van der Waals surface area contributed by atoms with Crippen LogP contribution in [0.3, 0.4) is 0 Å². The van der Waals surface area contributed by atoms with Gasteiger partial charge in [0.25, 0.3) is 5.91 Å². The van der Waals surface area contributed by atoms with E-state index in [2.05, 4.69) is 17.1 Å². The van der Waals surface area contributed by atoms with Crippen molar-refractivity contribution in [3.63, 3.8) is 0 Å². The predicted octanol–water partition coefficient (Wildman–Crippen LogP) is 3.87. The molecule has 26 heavy (non-hydrogen) atoms. The summed E-state index contributed by atoms with van der Waals surface area (Å²) < 4.78 is 11.2. The normalized spacial score (nSPS) is 10.8. The summed E-state index contributed by atoms with van der Waals surface area (Å²) in [4.78, 5) is 13.8. The van der Waals surface area contributed by atoms with E-state index in [4.69, 9.17) is 9.47 Å². The zero-order chi connectivity index (χ0) is 19.0. The molecule has 0 unspecified atom stereocenters. The molecule has 0 aliphatic rings. The van der Waals surface area contributed by atoms with Crippen molar-refractivity contribution in [2.45, 2.75) is 51.9 Å². The summed E-state index contributed by atoms with van der Waals surface area (Å²) in [6, 6.07) is 7.47. The maximum atomic E-state index is 11.7. The fraction of sp³-hybridized carbons (Fsp3) is 0.667. The highest BCUT2D eigenvalue weighted by Crippen LogP contribution is 2.18. The molecule has 0 radical (unpaired) electrons. The maximum absolute atomic E-state index is 11.7. The zero-order valence-corrected chi connectivity index (χ0v) is 16.8. The van der Waals surface area contributed by atoms with Gasteiger partial charge in [-0.15, -0.1) is 0 Å². The fourth-order valence-electron chi connectivity index (χ4n) is 2.53. The van der Waals surface area contributed by atoms with Crippen LogP contribution in [0.15, 0.2) is 24.3 Å². The zero-order valence-electron chi connectivity index (χ0n) is 16.8. The van der Waals surface area contributed by atoms with Crippen LogP contribution in [0.5, 0.6) is 11.5 Å². The topological polar surface area (TPSA) is 50.8 Å². The first-order chi connectivity index (χ1) is 12.6. The Bertz CT molecular complexity index is 475. The number of hydrogen-bond donors (Lipinski definition) is 1. The van der Waals surface area contributed by atoms with Crippen molar-refractivity contribution in [3.8, 4) is 11.5 Å². The van der Waals surface area contributed by atoms with Gasteiger partial charge < -0.3 is 19.7 Å². The molecule has 0 spiro atoms. The van der Waals surface area contributed by atoms with E-state index >= 15 is 0 Å². The number of rotatable bonds is 15. The number of carbonyl (C=O) groups excluding carboxylic acids is 1. The highest BCUT2D eigenvalue weighted by Gasteiger charge is 2.03. The molecule has 1 aromatic carbocycles. The number of nitrogens with zero attached hydrogens (tertiary/aromatic N) is 1. The molecule has 1 rings (SSSR count). The lowest BCUT2D eigenvalue weighted by molar-refractivity contribution is -0.123. The van der Waals surface area contributed by atoms with Gasteiger partial charge in [0.05, 0.1) is 6.61 Å². The summed E-state index contributed by atoms with van der Waals surface area (Å²) in [6.07, 6.45) is 8.48. The minimum atomic E-state index is -0.0906. The largest absolute Gasteiger partial charge is 0.494 e. The van der Waals surface area contributed by atoms with Crippen LogP contribution >= 0.6 is 0 Å². The molecular formula is C21H36N2O3. The van der Waals surface area contributed by atoms with E-state index in [1.165, 1.54) is 32.1 Å². The number of carbonyl (C=O) groups is 1. The molecule has 1 N–H and O–H groups in total. The Balaban J connectivity index is 2.11. The summed E-state index contributed by atoms with van der Waals surface area (Å²) in [5, 5.41) is 2.86. The van der Waals surface area contributed by atoms with E-state index in [9.17, 15) is 4.79 Å². The van der Waals surface area contributed by atoms with Crippen LogP contribution in [-0.2, 0) is 4.79 Å². The van der Waals surface area contributed by atoms with Gasteiger partial charge in [0.15, 0.2) is 6.61 Å². The molecule has 148 valence electrons. The lowest BCUT2D eigenvalue weighted by Gasteiger charge is -2.11. The Labute approximate surface area is 159 Å². The molecule has 1 amide bonds. The summed E-state index contributed by atoms with van der Waals surface area (Å²) >= 11 is 0. The summed E-state index contributed by atoms with van der Waals surface area (Å²) in [7, 11) is 4.04. The van der Waals surface area contributed by atoms with Crippen LogP contribution < -0.4 is 14.8 Å². The van der Waals surface area contributed by atoms with Crippen molar-refractivity contribution in [3.05, 3.63) is 24.3 Å². The molecule has 0 saturated heterocycles. The Morgan fingerprint density at radius 2 is 1.54 bits per heavy atom. The van der Waals surface area contributed by atoms with Crippen LogP contribution in [-0.4, -0.2) is 51.2 Å². The molecule has 0 fully saturated rings. The van der Waals surface area contributed by atoms with Gasteiger partial charge in [0.2, 0.25) is 0 Å². The highest BCUT2D eigenvalue weighted by molar-refractivity contribution is 5.77. The van der Waals surface area contributed by atoms with Gasteiger partial charge in [0, 0.05) is 6.54 Å². The molecule has 0 atom stereocenters. The molecule has 0 bridgehead atoms. The number of ether oxygens (including phenoxy) is 2. The third kappa shape index (κ3) is 11.7. The Morgan fingerprint density at radius 3 is 2.19 bits per heavy atom. The Morgan fingerprint density at radius 1 is 0.923 bits per heavy atom. The van der Waals surface area contributed by atoms with Crippen molar-refractivity contribution in [1.29, 1.82) is 0 Å². The Kier molecular flexibility index (Phi) is 12.4. The highest BCUT2D eigenvalue weighted by atomic mass is 16.5. The lowest BCUT2D eigenvalue weighted by atomic mass is 10.1. The van der Waals surface area contributed by atoms with E-state index in [0.717, 1.165) is 31.7 Å². The van der Waals surface area contributed by atoms with E-state index in [1.807, 2.05) is 38.4 Å². The van der Waals surface area contributed by atoms with E-state index in [1.54, 1.807) is 0 Å². The molecule has 1 aromatic rings.